The Hall–Kier alpha value is -2.56. The lowest BCUT2D eigenvalue weighted by molar-refractivity contribution is -0.137. The maximum atomic E-state index is 13.4. The van der Waals surface area contributed by atoms with E-state index in [9.17, 15) is 18.0 Å². The highest BCUT2D eigenvalue weighted by molar-refractivity contribution is 5.72. The lowest BCUT2D eigenvalue weighted by Gasteiger charge is -2.33. The first kappa shape index (κ1) is 29.0. The van der Waals surface area contributed by atoms with E-state index in [1.54, 1.807) is 13.0 Å². The van der Waals surface area contributed by atoms with Gasteiger partial charge in [0, 0.05) is 12.1 Å². The summed E-state index contributed by atoms with van der Waals surface area (Å²) in [6.07, 6.45) is 8.58. The summed E-state index contributed by atoms with van der Waals surface area (Å²) in [5.41, 5.74) is 4.82. The molecule has 37 heavy (non-hydrogen) atoms. The molecule has 0 heterocycles. The van der Waals surface area contributed by atoms with Gasteiger partial charge in [-0.15, -0.1) is 0 Å². The summed E-state index contributed by atoms with van der Waals surface area (Å²) in [7, 11) is 0. The van der Waals surface area contributed by atoms with Crippen molar-refractivity contribution in [1.29, 1.82) is 0 Å². The van der Waals surface area contributed by atoms with Crippen LogP contribution in [0.1, 0.15) is 100.0 Å². The van der Waals surface area contributed by atoms with E-state index < -0.39 is 17.3 Å². The van der Waals surface area contributed by atoms with Crippen molar-refractivity contribution < 1.29 is 18.0 Å². The zero-order valence-corrected chi connectivity index (χ0v) is 22.8. The number of hydrogen-bond acceptors (Lipinski definition) is 2. The van der Waals surface area contributed by atoms with Gasteiger partial charge < -0.3 is 10.1 Å². The molecule has 1 atom stereocenters. The molecule has 2 aromatic rings. The van der Waals surface area contributed by atoms with Gasteiger partial charge in [0.2, 0.25) is 0 Å². The van der Waals surface area contributed by atoms with Crippen LogP contribution in [0.5, 0.6) is 0 Å². The van der Waals surface area contributed by atoms with Gasteiger partial charge >= 0.3 is 6.18 Å². The molecule has 1 saturated carbocycles. The van der Waals surface area contributed by atoms with E-state index in [0.717, 1.165) is 67.2 Å². The van der Waals surface area contributed by atoms with E-state index in [-0.39, 0.29) is 0 Å². The molecule has 1 fully saturated rings. The second-order valence-electron chi connectivity index (χ2n) is 10.9. The minimum absolute atomic E-state index is 0.358. The molecule has 0 radical (unpaired) electrons. The minimum Gasteiger partial charge on any atom is -0.376 e. The molecule has 0 bridgehead atoms. The number of carbonyl (C=O) groups is 1. The molecule has 2 nitrogen and oxygen atoms in total. The molecular formula is C32H42F3NO. The van der Waals surface area contributed by atoms with Crippen molar-refractivity contribution in [3.05, 3.63) is 70.3 Å². The molecule has 0 saturated heterocycles. The number of nitrogens with one attached hydrogen (secondary N) is 1. The third-order valence-electron chi connectivity index (χ3n) is 7.71. The molecule has 202 valence electrons. The fourth-order valence-corrected chi connectivity index (χ4v) is 5.59. The number of aryl methyl sites for hydroxylation is 2. The van der Waals surface area contributed by atoms with Crippen LogP contribution in [0.15, 0.2) is 42.5 Å². The van der Waals surface area contributed by atoms with Crippen molar-refractivity contribution in [3.8, 4) is 0 Å². The predicted molar refractivity (Wildman–Crippen MR) is 148 cm³/mol. The van der Waals surface area contributed by atoms with Crippen molar-refractivity contribution >= 4 is 17.5 Å². The quantitative estimate of drug-likeness (QED) is 0.270. The predicted octanol–water partition coefficient (Wildman–Crippen LogP) is 9.34. The van der Waals surface area contributed by atoms with Crippen molar-refractivity contribution in [2.45, 2.75) is 104 Å². The zero-order chi connectivity index (χ0) is 27.1. The van der Waals surface area contributed by atoms with Gasteiger partial charge in [0.15, 0.2) is 0 Å². The van der Waals surface area contributed by atoms with Crippen LogP contribution in [0.25, 0.3) is 5.57 Å². The van der Waals surface area contributed by atoms with E-state index >= 15 is 0 Å². The SMILES string of the molecule is CCCc1cccc(NC(C)(/C=C(\CCC2CCC2)c2ccc(C(F)(F)F)cc2C)CCC)c1CC=O. The molecule has 1 aliphatic carbocycles. The van der Waals surface area contributed by atoms with Crippen LogP contribution in [-0.4, -0.2) is 11.8 Å². The highest BCUT2D eigenvalue weighted by Crippen LogP contribution is 2.38. The van der Waals surface area contributed by atoms with E-state index in [1.807, 2.05) is 12.1 Å². The molecule has 1 aliphatic rings. The summed E-state index contributed by atoms with van der Waals surface area (Å²) in [5, 5.41) is 3.76. The van der Waals surface area contributed by atoms with E-state index in [0.29, 0.717) is 17.9 Å². The highest BCUT2D eigenvalue weighted by Gasteiger charge is 2.31. The minimum atomic E-state index is -4.35. The number of carbonyl (C=O) groups excluding carboxylic acids is 1. The number of aldehydes is 1. The van der Waals surface area contributed by atoms with Crippen LogP contribution in [-0.2, 0) is 23.8 Å². The Morgan fingerprint density at radius 2 is 1.86 bits per heavy atom. The van der Waals surface area contributed by atoms with Gasteiger partial charge in [0.25, 0.3) is 0 Å². The summed E-state index contributed by atoms with van der Waals surface area (Å²) in [6, 6.07) is 10.3. The lowest BCUT2D eigenvalue weighted by Crippen LogP contribution is -2.33. The Labute approximate surface area is 220 Å². The van der Waals surface area contributed by atoms with E-state index in [4.69, 9.17) is 0 Å². The normalized spacial score (nSPS) is 16.2. The molecule has 0 aliphatic heterocycles. The summed E-state index contributed by atoms with van der Waals surface area (Å²) in [5.74, 6) is 0.702. The Morgan fingerprint density at radius 1 is 1.11 bits per heavy atom. The molecular weight excluding hydrogens is 471 g/mol. The molecule has 0 amide bonds. The summed E-state index contributed by atoms with van der Waals surface area (Å²) < 4.78 is 40.1. The number of rotatable bonds is 13. The van der Waals surface area contributed by atoms with Crippen molar-refractivity contribution in [1.82, 2.24) is 0 Å². The number of anilines is 1. The molecule has 1 N–H and O–H groups in total. The van der Waals surface area contributed by atoms with Crippen LogP contribution >= 0.6 is 0 Å². The lowest BCUT2D eigenvalue weighted by atomic mass is 9.79. The van der Waals surface area contributed by atoms with Gasteiger partial charge in [0.05, 0.1) is 11.1 Å². The Balaban J connectivity index is 2.04. The molecule has 0 aromatic heterocycles. The number of hydrogen-bond donors (Lipinski definition) is 1. The largest absolute Gasteiger partial charge is 0.416 e. The first-order chi connectivity index (χ1) is 17.6. The smallest absolute Gasteiger partial charge is 0.376 e. The second-order valence-corrected chi connectivity index (χ2v) is 10.9. The molecule has 2 aromatic carbocycles. The number of allylic oxidation sites excluding steroid dienone is 1. The average molecular weight is 514 g/mol. The second kappa shape index (κ2) is 12.8. The summed E-state index contributed by atoms with van der Waals surface area (Å²) in [4.78, 5) is 11.5. The standard InChI is InChI=1S/C32H42F3NO/c1-5-9-25-12-8-13-30(29(25)18-20-37)36-31(4,19-6-2)22-26(15-14-24-10-7-11-24)28-17-16-27(21-23(28)3)32(33,34)35/h8,12-13,16-17,20-22,24,36H,5-7,9-11,14-15,18-19H2,1-4H3/b26-22+. The first-order valence-electron chi connectivity index (χ1n) is 13.8. The third kappa shape index (κ3) is 7.72. The van der Waals surface area contributed by atoms with Crippen LogP contribution in [0.4, 0.5) is 18.9 Å². The third-order valence-corrected chi connectivity index (χ3v) is 7.71. The molecule has 3 rings (SSSR count). The summed E-state index contributed by atoms with van der Waals surface area (Å²) >= 11 is 0. The van der Waals surface area contributed by atoms with Crippen LogP contribution < -0.4 is 5.32 Å². The van der Waals surface area contributed by atoms with Gasteiger partial charge in [-0.2, -0.15) is 13.2 Å². The number of halogens is 3. The number of benzene rings is 2. The maximum Gasteiger partial charge on any atom is 0.416 e. The zero-order valence-electron chi connectivity index (χ0n) is 22.8. The van der Waals surface area contributed by atoms with Gasteiger partial charge in [0.1, 0.15) is 6.29 Å². The number of alkyl halides is 3. The van der Waals surface area contributed by atoms with Gasteiger partial charge in [-0.25, -0.2) is 0 Å². The van der Waals surface area contributed by atoms with E-state index in [1.165, 1.54) is 37.0 Å². The monoisotopic (exact) mass is 513 g/mol. The Bertz CT molecular complexity index is 1080. The highest BCUT2D eigenvalue weighted by atomic mass is 19.4. The Morgan fingerprint density at radius 3 is 2.43 bits per heavy atom. The Kier molecular flexibility index (Phi) is 10.0. The van der Waals surface area contributed by atoms with Gasteiger partial charge in [-0.1, -0.05) is 70.2 Å². The van der Waals surface area contributed by atoms with E-state index in [2.05, 4.69) is 38.2 Å². The summed E-state index contributed by atoms with van der Waals surface area (Å²) in [6.45, 7) is 8.22. The van der Waals surface area contributed by atoms with Crippen LogP contribution in [0, 0.1) is 12.8 Å². The first-order valence-corrected chi connectivity index (χ1v) is 13.8. The van der Waals surface area contributed by atoms with Crippen molar-refractivity contribution in [2.75, 3.05) is 5.32 Å². The fraction of sp³-hybridized carbons (Fsp3) is 0.531. The topological polar surface area (TPSA) is 29.1 Å². The van der Waals surface area contributed by atoms with Gasteiger partial charge in [-0.3, -0.25) is 0 Å². The van der Waals surface area contributed by atoms with Crippen LogP contribution in [0.3, 0.4) is 0 Å². The fourth-order valence-electron chi connectivity index (χ4n) is 5.59. The van der Waals surface area contributed by atoms with Crippen LogP contribution in [0.2, 0.25) is 0 Å². The van der Waals surface area contributed by atoms with Crippen molar-refractivity contribution in [2.24, 2.45) is 5.92 Å². The van der Waals surface area contributed by atoms with Crippen molar-refractivity contribution in [3.63, 3.8) is 0 Å². The molecule has 0 spiro atoms. The molecule has 1 unspecified atom stereocenters. The maximum absolute atomic E-state index is 13.4. The average Bonchev–Trinajstić information content (AvgIpc) is 2.79. The molecule has 5 heteroatoms. The van der Waals surface area contributed by atoms with Gasteiger partial charge in [-0.05, 0) is 91.5 Å².